The van der Waals surface area contributed by atoms with E-state index in [4.69, 9.17) is 4.74 Å². The molecule has 2 atom stereocenters. The highest BCUT2D eigenvalue weighted by Gasteiger charge is 2.29. The van der Waals surface area contributed by atoms with Gasteiger partial charge in [0.05, 0.1) is 0 Å². The Kier molecular flexibility index (Phi) is 6.06. The fourth-order valence-electron chi connectivity index (χ4n) is 2.72. The molecule has 0 aromatic carbocycles. The third kappa shape index (κ3) is 5.95. The van der Waals surface area contributed by atoms with Crippen LogP contribution in [0, 0.1) is 0 Å². The molecule has 0 aliphatic carbocycles. The minimum Gasteiger partial charge on any atom is -0.444 e. The number of ether oxygens (including phenoxy) is 1. The second-order valence-electron chi connectivity index (χ2n) is 6.93. The normalized spacial score (nSPS) is 22.1. The molecule has 0 saturated carbocycles. The molecule has 0 aromatic rings. The summed E-state index contributed by atoms with van der Waals surface area (Å²) in [6.45, 7) is 15.7. The van der Waals surface area contributed by atoms with Gasteiger partial charge in [0, 0.05) is 18.6 Å². The van der Waals surface area contributed by atoms with Gasteiger partial charge in [0.15, 0.2) is 0 Å². The summed E-state index contributed by atoms with van der Waals surface area (Å²) in [6.07, 6.45) is 3.23. The number of alkyl carbamates (subject to hydrolysis) is 1. The Labute approximate surface area is 123 Å². The topological polar surface area (TPSA) is 41.6 Å². The maximum Gasteiger partial charge on any atom is 0.407 e. The van der Waals surface area contributed by atoms with Crippen LogP contribution in [0.25, 0.3) is 0 Å². The van der Waals surface area contributed by atoms with Gasteiger partial charge in [-0.3, -0.25) is 4.90 Å². The van der Waals surface area contributed by atoms with E-state index >= 15 is 0 Å². The highest BCUT2D eigenvalue weighted by atomic mass is 16.6. The molecule has 1 heterocycles. The monoisotopic (exact) mass is 282 g/mol. The minimum atomic E-state index is -0.451. The second-order valence-corrected chi connectivity index (χ2v) is 6.93. The van der Waals surface area contributed by atoms with Crippen molar-refractivity contribution in [2.24, 2.45) is 0 Å². The van der Waals surface area contributed by atoms with Crippen molar-refractivity contribution >= 4 is 6.09 Å². The molecular formula is C16H30N2O2. The van der Waals surface area contributed by atoms with Crippen LogP contribution in [0.1, 0.15) is 53.9 Å². The van der Waals surface area contributed by atoms with E-state index in [0.29, 0.717) is 6.04 Å². The summed E-state index contributed by atoms with van der Waals surface area (Å²) in [5.74, 6) is 0. The van der Waals surface area contributed by atoms with Crippen LogP contribution in [0.5, 0.6) is 0 Å². The van der Waals surface area contributed by atoms with E-state index in [-0.39, 0.29) is 12.1 Å². The van der Waals surface area contributed by atoms with E-state index < -0.39 is 5.60 Å². The first-order chi connectivity index (χ1) is 9.19. The van der Waals surface area contributed by atoms with Crippen molar-refractivity contribution < 1.29 is 9.53 Å². The molecule has 0 bridgehead atoms. The van der Waals surface area contributed by atoms with Crippen LogP contribution in [-0.2, 0) is 4.74 Å². The highest BCUT2D eigenvalue weighted by molar-refractivity contribution is 5.68. The third-order valence-corrected chi connectivity index (χ3v) is 3.46. The van der Waals surface area contributed by atoms with Gasteiger partial charge >= 0.3 is 6.09 Å². The number of carbonyl (C=O) groups is 1. The Morgan fingerprint density at radius 1 is 1.45 bits per heavy atom. The first kappa shape index (κ1) is 17.0. The fourth-order valence-corrected chi connectivity index (χ4v) is 2.72. The van der Waals surface area contributed by atoms with Crippen LogP contribution in [0.3, 0.4) is 0 Å². The van der Waals surface area contributed by atoms with Gasteiger partial charge in [-0.25, -0.2) is 4.79 Å². The van der Waals surface area contributed by atoms with Crippen molar-refractivity contribution in [2.75, 3.05) is 13.1 Å². The molecule has 116 valence electrons. The number of nitrogens with zero attached hydrogens (tertiary/aromatic N) is 1. The smallest absolute Gasteiger partial charge is 0.407 e. The van der Waals surface area contributed by atoms with Gasteiger partial charge < -0.3 is 10.1 Å². The van der Waals surface area contributed by atoms with Crippen LogP contribution >= 0.6 is 0 Å². The van der Waals surface area contributed by atoms with Gasteiger partial charge in [0.1, 0.15) is 5.60 Å². The largest absolute Gasteiger partial charge is 0.444 e. The van der Waals surface area contributed by atoms with Crippen molar-refractivity contribution in [3.8, 4) is 0 Å². The minimum absolute atomic E-state index is 0.0875. The van der Waals surface area contributed by atoms with Gasteiger partial charge in [0.25, 0.3) is 0 Å². The Morgan fingerprint density at radius 2 is 2.10 bits per heavy atom. The SMILES string of the molecule is C=C(C)CN1CCCC[C@H]1[C@@H](C)NC(=O)OC(C)(C)C. The van der Waals surface area contributed by atoms with Crippen LogP contribution < -0.4 is 5.32 Å². The Bertz CT molecular complexity index is 347. The number of hydrogen-bond donors (Lipinski definition) is 1. The zero-order valence-corrected chi connectivity index (χ0v) is 13.7. The molecule has 1 amide bonds. The van der Waals surface area contributed by atoms with Crippen molar-refractivity contribution in [3.05, 3.63) is 12.2 Å². The zero-order valence-electron chi connectivity index (χ0n) is 13.7. The van der Waals surface area contributed by atoms with Gasteiger partial charge in [0.2, 0.25) is 0 Å². The number of hydrogen-bond acceptors (Lipinski definition) is 3. The Morgan fingerprint density at radius 3 is 2.65 bits per heavy atom. The van der Waals surface area contributed by atoms with E-state index in [2.05, 4.69) is 30.6 Å². The molecule has 1 aliphatic rings. The molecule has 1 saturated heterocycles. The number of rotatable bonds is 4. The maximum absolute atomic E-state index is 11.9. The van der Waals surface area contributed by atoms with Crippen LogP contribution in [0.2, 0.25) is 0 Å². The van der Waals surface area contributed by atoms with E-state index in [0.717, 1.165) is 19.5 Å². The molecular weight excluding hydrogens is 252 g/mol. The van der Waals surface area contributed by atoms with Crippen LogP contribution in [0.15, 0.2) is 12.2 Å². The number of amides is 1. The average Bonchev–Trinajstić information content (AvgIpc) is 2.25. The third-order valence-electron chi connectivity index (χ3n) is 3.46. The predicted molar refractivity (Wildman–Crippen MR) is 82.9 cm³/mol. The first-order valence-electron chi connectivity index (χ1n) is 7.57. The van der Waals surface area contributed by atoms with Gasteiger partial charge in [-0.05, 0) is 54.0 Å². The van der Waals surface area contributed by atoms with Crippen molar-refractivity contribution in [1.29, 1.82) is 0 Å². The van der Waals surface area contributed by atoms with Crippen molar-refractivity contribution in [3.63, 3.8) is 0 Å². The number of nitrogens with one attached hydrogen (secondary N) is 1. The molecule has 20 heavy (non-hydrogen) atoms. The Balaban J connectivity index is 2.56. The Hall–Kier alpha value is -1.03. The summed E-state index contributed by atoms with van der Waals surface area (Å²) < 4.78 is 5.33. The molecule has 1 fully saturated rings. The molecule has 0 radical (unpaired) electrons. The summed E-state index contributed by atoms with van der Waals surface area (Å²) >= 11 is 0. The summed E-state index contributed by atoms with van der Waals surface area (Å²) in [5, 5.41) is 2.98. The predicted octanol–water partition coefficient (Wildman–Crippen LogP) is 3.33. The van der Waals surface area contributed by atoms with Gasteiger partial charge in [-0.15, -0.1) is 0 Å². The summed E-state index contributed by atoms with van der Waals surface area (Å²) in [5.41, 5.74) is 0.717. The molecule has 0 spiro atoms. The van der Waals surface area contributed by atoms with E-state index in [1.807, 2.05) is 20.8 Å². The molecule has 1 aliphatic heterocycles. The summed E-state index contributed by atoms with van der Waals surface area (Å²) in [7, 11) is 0. The van der Waals surface area contributed by atoms with Crippen LogP contribution in [0.4, 0.5) is 4.79 Å². The lowest BCUT2D eigenvalue weighted by molar-refractivity contribution is 0.0450. The average molecular weight is 282 g/mol. The van der Waals surface area contributed by atoms with E-state index in [1.165, 1.54) is 18.4 Å². The molecule has 4 nitrogen and oxygen atoms in total. The summed E-state index contributed by atoms with van der Waals surface area (Å²) in [6, 6.07) is 0.456. The number of piperidine rings is 1. The molecule has 4 heteroatoms. The molecule has 1 N–H and O–H groups in total. The number of likely N-dealkylation sites (tertiary alicyclic amines) is 1. The van der Waals surface area contributed by atoms with Gasteiger partial charge in [-0.1, -0.05) is 18.6 Å². The molecule has 0 unspecified atom stereocenters. The molecule has 0 aromatic heterocycles. The summed E-state index contributed by atoms with van der Waals surface area (Å²) in [4.78, 5) is 14.3. The van der Waals surface area contributed by atoms with Gasteiger partial charge in [-0.2, -0.15) is 0 Å². The quantitative estimate of drug-likeness (QED) is 0.804. The lowest BCUT2D eigenvalue weighted by atomic mass is 9.96. The first-order valence-corrected chi connectivity index (χ1v) is 7.57. The lowest BCUT2D eigenvalue weighted by Crippen LogP contribution is -2.53. The molecule has 1 rings (SSSR count). The standard InChI is InChI=1S/C16H30N2O2/c1-12(2)11-18-10-8-7-9-14(18)13(3)17-15(19)20-16(4,5)6/h13-14H,1,7-11H2,2-6H3,(H,17,19)/t13-,14+/m1/s1. The second kappa shape index (κ2) is 7.11. The number of carbonyl (C=O) groups excluding carboxylic acids is 1. The van der Waals surface area contributed by atoms with Crippen LogP contribution in [-0.4, -0.2) is 41.8 Å². The van der Waals surface area contributed by atoms with E-state index in [1.54, 1.807) is 0 Å². The maximum atomic E-state index is 11.9. The fraction of sp³-hybridized carbons (Fsp3) is 0.812. The van der Waals surface area contributed by atoms with Crippen molar-refractivity contribution in [2.45, 2.75) is 71.6 Å². The van der Waals surface area contributed by atoms with Crippen molar-refractivity contribution in [1.82, 2.24) is 10.2 Å². The zero-order chi connectivity index (χ0) is 15.3. The highest BCUT2D eigenvalue weighted by Crippen LogP contribution is 2.21. The lowest BCUT2D eigenvalue weighted by Gasteiger charge is -2.39. The van der Waals surface area contributed by atoms with E-state index in [9.17, 15) is 4.79 Å².